The second-order valence-electron chi connectivity index (χ2n) is 5.09. The number of nitrogens with zero attached hydrogens (tertiary/aromatic N) is 1. The maximum Gasteiger partial charge on any atom is 0.211 e. The van der Waals surface area contributed by atoms with Gasteiger partial charge < -0.3 is 4.90 Å². The quantitative estimate of drug-likeness (QED) is 0.709. The molecule has 2 fully saturated rings. The maximum absolute atomic E-state index is 11.6. The minimum Gasteiger partial charge on any atom is -0.300 e. The summed E-state index contributed by atoms with van der Waals surface area (Å²) in [6.07, 6.45) is 4.30. The topological polar surface area (TPSA) is 49.4 Å². The first-order valence-corrected chi connectivity index (χ1v) is 8.57. The van der Waals surface area contributed by atoms with Crippen molar-refractivity contribution in [3.8, 4) is 0 Å². The third-order valence-corrected chi connectivity index (χ3v) is 5.22. The molecule has 0 amide bonds. The average molecular weight is 281 g/mol. The van der Waals surface area contributed by atoms with Crippen LogP contribution in [0.3, 0.4) is 0 Å². The molecule has 0 spiro atoms. The Morgan fingerprint density at radius 3 is 2.71 bits per heavy atom. The van der Waals surface area contributed by atoms with Crippen molar-refractivity contribution in [2.24, 2.45) is 5.92 Å². The number of alkyl halides is 1. The minimum absolute atomic E-state index is 0.148. The van der Waals surface area contributed by atoms with Gasteiger partial charge in [0.15, 0.2) is 0 Å². The fourth-order valence-electron chi connectivity index (χ4n) is 2.36. The average Bonchev–Trinajstić information content (AvgIpc) is 3.04. The Morgan fingerprint density at radius 1 is 1.29 bits per heavy atom. The van der Waals surface area contributed by atoms with E-state index in [-0.39, 0.29) is 5.75 Å². The summed E-state index contributed by atoms with van der Waals surface area (Å²) in [5, 5.41) is 0. The first-order valence-electron chi connectivity index (χ1n) is 6.38. The Bertz CT molecular complexity index is 343. The lowest BCUT2D eigenvalue weighted by Crippen LogP contribution is -2.33. The smallest absolute Gasteiger partial charge is 0.211 e. The van der Waals surface area contributed by atoms with Crippen LogP contribution in [0, 0.1) is 5.92 Å². The van der Waals surface area contributed by atoms with E-state index in [9.17, 15) is 8.42 Å². The molecule has 100 valence electrons. The highest BCUT2D eigenvalue weighted by atomic mass is 35.5. The van der Waals surface area contributed by atoms with Gasteiger partial charge in [-0.05, 0) is 38.1 Å². The molecule has 1 saturated heterocycles. The number of hydrogen-bond acceptors (Lipinski definition) is 3. The Balaban J connectivity index is 1.68. The highest BCUT2D eigenvalue weighted by molar-refractivity contribution is 7.89. The molecule has 0 radical (unpaired) electrons. The molecule has 2 rings (SSSR count). The molecule has 17 heavy (non-hydrogen) atoms. The molecule has 1 heterocycles. The van der Waals surface area contributed by atoms with Crippen LogP contribution in [-0.2, 0) is 10.0 Å². The van der Waals surface area contributed by atoms with Crippen LogP contribution < -0.4 is 4.72 Å². The Morgan fingerprint density at radius 2 is 2.06 bits per heavy atom. The number of likely N-dealkylation sites (tertiary alicyclic amines) is 1. The van der Waals surface area contributed by atoms with E-state index in [1.54, 1.807) is 0 Å². The van der Waals surface area contributed by atoms with Gasteiger partial charge in [0.05, 0.1) is 5.75 Å². The van der Waals surface area contributed by atoms with Gasteiger partial charge in [-0.2, -0.15) is 0 Å². The molecule has 1 N–H and O–H groups in total. The Labute approximate surface area is 109 Å². The fourth-order valence-corrected chi connectivity index (χ4v) is 3.81. The molecule has 0 aromatic heterocycles. The molecule has 0 bridgehead atoms. The van der Waals surface area contributed by atoms with Gasteiger partial charge in [0, 0.05) is 25.0 Å². The van der Waals surface area contributed by atoms with E-state index in [4.69, 9.17) is 11.6 Å². The van der Waals surface area contributed by atoms with E-state index < -0.39 is 10.0 Å². The van der Waals surface area contributed by atoms with Crippen molar-refractivity contribution in [2.45, 2.75) is 31.7 Å². The molecule has 2 aliphatic rings. The van der Waals surface area contributed by atoms with Crippen LogP contribution in [0.2, 0.25) is 0 Å². The van der Waals surface area contributed by atoms with Gasteiger partial charge in [-0.1, -0.05) is 0 Å². The van der Waals surface area contributed by atoms with Crippen molar-refractivity contribution in [1.29, 1.82) is 0 Å². The lowest BCUT2D eigenvalue weighted by atomic mass is 10.1. The summed E-state index contributed by atoms with van der Waals surface area (Å²) < 4.78 is 25.9. The summed E-state index contributed by atoms with van der Waals surface area (Å²) in [7, 11) is -3.11. The third kappa shape index (κ3) is 4.39. The minimum atomic E-state index is -3.11. The summed E-state index contributed by atoms with van der Waals surface area (Å²) in [6, 6.07) is 0.799. The number of sulfonamides is 1. The zero-order valence-corrected chi connectivity index (χ0v) is 11.6. The summed E-state index contributed by atoms with van der Waals surface area (Å²) in [4.78, 5) is 2.50. The van der Waals surface area contributed by atoms with Gasteiger partial charge in [-0.15, -0.1) is 11.6 Å². The van der Waals surface area contributed by atoms with Crippen LogP contribution in [0.5, 0.6) is 0 Å². The van der Waals surface area contributed by atoms with E-state index in [0.29, 0.717) is 24.8 Å². The molecular weight excluding hydrogens is 260 g/mol. The Hall–Kier alpha value is 0.160. The van der Waals surface area contributed by atoms with Crippen LogP contribution in [0.4, 0.5) is 0 Å². The second kappa shape index (κ2) is 5.87. The molecule has 1 unspecified atom stereocenters. The summed E-state index contributed by atoms with van der Waals surface area (Å²) >= 11 is 5.50. The lowest BCUT2D eigenvalue weighted by molar-refractivity contribution is 0.314. The first-order chi connectivity index (χ1) is 8.11. The molecule has 1 atom stereocenters. The standard InChI is InChI=1S/C11H21ClN2O2S/c12-5-1-7-17(15,16)13-8-10-4-6-14(9-10)11-2-3-11/h10-11,13H,1-9H2. The van der Waals surface area contributed by atoms with E-state index in [0.717, 1.165) is 25.6 Å². The highest BCUT2D eigenvalue weighted by Crippen LogP contribution is 2.31. The van der Waals surface area contributed by atoms with Crippen LogP contribution >= 0.6 is 11.6 Å². The first kappa shape index (κ1) is 13.6. The molecule has 0 aromatic rings. The molecule has 1 aliphatic heterocycles. The molecule has 0 aromatic carbocycles. The largest absolute Gasteiger partial charge is 0.300 e. The van der Waals surface area contributed by atoms with Gasteiger partial charge in [0.1, 0.15) is 0 Å². The van der Waals surface area contributed by atoms with Crippen molar-refractivity contribution in [3.05, 3.63) is 0 Å². The van der Waals surface area contributed by atoms with Crippen molar-refractivity contribution in [2.75, 3.05) is 31.3 Å². The second-order valence-corrected chi connectivity index (χ2v) is 7.40. The summed E-state index contributed by atoms with van der Waals surface area (Å²) in [5.74, 6) is 1.04. The predicted octanol–water partition coefficient (Wildman–Crippen LogP) is 1.02. The molecule has 1 aliphatic carbocycles. The zero-order valence-electron chi connectivity index (χ0n) is 10.1. The number of nitrogens with one attached hydrogen (secondary N) is 1. The number of halogens is 1. The summed E-state index contributed by atoms with van der Waals surface area (Å²) in [5.41, 5.74) is 0. The molecule has 4 nitrogen and oxygen atoms in total. The van der Waals surface area contributed by atoms with Crippen molar-refractivity contribution >= 4 is 21.6 Å². The van der Waals surface area contributed by atoms with E-state index in [1.807, 2.05) is 0 Å². The van der Waals surface area contributed by atoms with Crippen LogP contribution in [0.1, 0.15) is 25.7 Å². The van der Waals surface area contributed by atoms with Crippen molar-refractivity contribution in [3.63, 3.8) is 0 Å². The molecule has 1 saturated carbocycles. The van der Waals surface area contributed by atoms with E-state index in [1.165, 1.54) is 12.8 Å². The predicted molar refractivity (Wildman–Crippen MR) is 69.8 cm³/mol. The van der Waals surface area contributed by atoms with Gasteiger partial charge >= 0.3 is 0 Å². The third-order valence-electron chi connectivity index (χ3n) is 3.52. The van der Waals surface area contributed by atoms with Gasteiger partial charge in [-0.3, -0.25) is 0 Å². The number of rotatable bonds is 7. The maximum atomic E-state index is 11.6. The lowest BCUT2D eigenvalue weighted by Gasteiger charge is -2.15. The van der Waals surface area contributed by atoms with Crippen molar-refractivity contribution in [1.82, 2.24) is 9.62 Å². The Kier molecular flexibility index (Phi) is 4.69. The van der Waals surface area contributed by atoms with Crippen LogP contribution in [0.15, 0.2) is 0 Å². The highest BCUT2D eigenvalue weighted by Gasteiger charge is 2.34. The van der Waals surface area contributed by atoms with Gasteiger partial charge in [0.25, 0.3) is 0 Å². The normalized spacial score (nSPS) is 26.5. The monoisotopic (exact) mass is 280 g/mol. The molecule has 6 heteroatoms. The van der Waals surface area contributed by atoms with Gasteiger partial charge in [0.2, 0.25) is 10.0 Å². The SMILES string of the molecule is O=S(=O)(CCCCl)NCC1CCN(C2CC2)C1. The van der Waals surface area contributed by atoms with Gasteiger partial charge in [-0.25, -0.2) is 13.1 Å². The summed E-state index contributed by atoms with van der Waals surface area (Å²) in [6.45, 7) is 2.79. The van der Waals surface area contributed by atoms with E-state index >= 15 is 0 Å². The van der Waals surface area contributed by atoms with Crippen molar-refractivity contribution < 1.29 is 8.42 Å². The molecular formula is C11H21ClN2O2S. The van der Waals surface area contributed by atoms with Crippen LogP contribution in [0.25, 0.3) is 0 Å². The van der Waals surface area contributed by atoms with Crippen LogP contribution in [-0.4, -0.2) is 50.6 Å². The van der Waals surface area contributed by atoms with E-state index in [2.05, 4.69) is 9.62 Å². The number of hydrogen-bond donors (Lipinski definition) is 1. The zero-order chi connectivity index (χ0) is 12.3. The fraction of sp³-hybridized carbons (Fsp3) is 1.00.